The number of piperidine rings is 1. The Balaban J connectivity index is 0.000000266. The predicted octanol–water partition coefficient (Wildman–Crippen LogP) is 2.30. The minimum absolute atomic E-state index is 0.0215. The molecule has 1 aliphatic heterocycles. The van der Waals surface area contributed by atoms with E-state index in [4.69, 9.17) is 21.9 Å². The number of H-pyrrole nitrogens is 1. The average Bonchev–Trinajstić information content (AvgIpc) is 2.86. The number of allylic oxidation sites excluding steroid dienone is 2. The lowest BCUT2D eigenvalue weighted by Crippen LogP contribution is -2.40. The number of fused-ring (bicyclic) bond motifs is 1. The van der Waals surface area contributed by atoms with Crippen LogP contribution in [0.5, 0.6) is 5.75 Å². The summed E-state index contributed by atoms with van der Waals surface area (Å²) in [5.41, 5.74) is 20.5. The Hall–Kier alpha value is -3.68. The van der Waals surface area contributed by atoms with E-state index in [0.29, 0.717) is 17.1 Å². The van der Waals surface area contributed by atoms with Crippen molar-refractivity contribution in [3.8, 4) is 5.75 Å². The maximum absolute atomic E-state index is 11.0. The molecule has 0 radical (unpaired) electrons. The smallest absolute Gasteiger partial charge is 0.264 e. The lowest BCUT2D eigenvalue weighted by atomic mass is 9.92. The highest BCUT2D eigenvalue weighted by Crippen LogP contribution is 2.21. The van der Waals surface area contributed by atoms with E-state index in [9.17, 15) is 9.59 Å². The number of carbonyl (C=O) groups is 1. The number of ether oxygens (including phenoxy) is 1. The lowest BCUT2D eigenvalue weighted by molar-refractivity contribution is -0.114. The summed E-state index contributed by atoms with van der Waals surface area (Å²) in [6.45, 7) is 3.23. The third-order valence-electron chi connectivity index (χ3n) is 6.16. The van der Waals surface area contributed by atoms with E-state index in [1.165, 1.54) is 37.8 Å². The largest absolute Gasteiger partial charge is 0.489 e. The van der Waals surface area contributed by atoms with E-state index in [-0.39, 0.29) is 17.4 Å². The van der Waals surface area contributed by atoms with Crippen molar-refractivity contribution in [3.05, 3.63) is 87.2 Å². The molecular weight excluding hydrogens is 430 g/mol. The topological polar surface area (TPSA) is 140 Å². The van der Waals surface area contributed by atoms with Gasteiger partial charge in [-0.25, -0.2) is 0 Å². The second-order valence-electron chi connectivity index (χ2n) is 8.70. The first-order chi connectivity index (χ1) is 16.3. The Morgan fingerprint density at radius 2 is 1.65 bits per heavy atom. The third kappa shape index (κ3) is 7.16. The number of hydrogen-bond acceptors (Lipinski definition) is 6. The van der Waals surface area contributed by atoms with Crippen molar-refractivity contribution >= 4 is 5.91 Å². The van der Waals surface area contributed by atoms with E-state index in [1.54, 1.807) is 30.3 Å². The summed E-state index contributed by atoms with van der Waals surface area (Å²) in [7, 11) is 0. The molecule has 182 valence electrons. The highest BCUT2D eigenvalue weighted by atomic mass is 16.5. The second-order valence-corrected chi connectivity index (χ2v) is 8.70. The van der Waals surface area contributed by atoms with Gasteiger partial charge in [0.25, 0.3) is 5.91 Å². The molecule has 1 fully saturated rings. The molecule has 8 nitrogen and oxygen atoms in total. The Labute approximate surface area is 200 Å². The molecular formula is C26H35N5O3. The summed E-state index contributed by atoms with van der Waals surface area (Å²) < 4.78 is 5.85. The number of benzene rings is 1. The number of pyridine rings is 1. The number of nitrogens with zero attached hydrogens (tertiary/aromatic N) is 1. The van der Waals surface area contributed by atoms with Crippen LogP contribution in [-0.2, 0) is 17.6 Å². The second kappa shape index (κ2) is 12.0. The number of nitrogens with two attached hydrogens (primary N) is 3. The molecule has 0 unspecified atom stereocenters. The van der Waals surface area contributed by atoms with Gasteiger partial charge in [-0.15, -0.1) is 0 Å². The zero-order valence-corrected chi connectivity index (χ0v) is 19.8. The molecule has 1 aromatic heterocycles. The first-order valence-electron chi connectivity index (χ1n) is 11.7. The Bertz CT molecular complexity index is 1050. The van der Waals surface area contributed by atoms with Crippen LogP contribution in [0.3, 0.4) is 0 Å². The molecule has 34 heavy (non-hydrogen) atoms. The van der Waals surface area contributed by atoms with Gasteiger partial charge in [-0.05, 0) is 61.4 Å². The quantitative estimate of drug-likeness (QED) is 0.394. The SMILES string of the molecule is CC(/C=C(\N)C(N)=O)=C(/N)N1CCC(Oc2ccc(=O)[nH]c2)CC1.c1ccc2c(c1)CCCC2. The first kappa shape index (κ1) is 25.0. The fourth-order valence-electron chi connectivity index (χ4n) is 4.18. The van der Waals surface area contributed by atoms with Crippen LogP contribution in [0.25, 0.3) is 0 Å². The summed E-state index contributed by atoms with van der Waals surface area (Å²) in [6.07, 6.45) is 10.1. The van der Waals surface area contributed by atoms with Crippen molar-refractivity contribution in [2.75, 3.05) is 13.1 Å². The van der Waals surface area contributed by atoms with Crippen LogP contribution < -0.4 is 27.5 Å². The van der Waals surface area contributed by atoms with Crippen LogP contribution in [-0.4, -0.2) is 35.0 Å². The minimum Gasteiger partial charge on any atom is -0.489 e. The number of hydrogen-bond donors (Lipinski definition) is 4. The van der Waals surface area contributed by atoms with Crippen molar-refractivity contribution in [1.29, 1.82) is 0 Å². The molecule has 2 aliphatic rings. The number of nitrogens with one attached hydrogen (secondary N) is 1. The van der Waals surface area contributed by atoms with E-state index >= 15 is 0 Å². The van der Waals surface area contributed by atoms with Crippen LogP contribution in [0, 0.1) is 0 Å². The monoisotopic (exact) mass is 465 g/mol. The maximum atomic E-state index is 11.0. The number of aryl methyl sites for hydroxylation is 2. The number of rotatable bonds is 5. The van der Waals surface area contributed by atoms with Gasteiger partial charge in [0.2, 0.25) is 5.56 Å². The molecule has 1 saturated heterocycles. The summed E-state index contributed by atoms with van der Waals surface area (Å²) in [5, 5.41) is 0. The highest BCUT2D eigenvalue weighted by molar-refractivity contribution is 5.91. The van der Waals surface area contributed by atoms with Crippen molar-refractivity contribution in [2.24, 2.45) is 17.2 Å². The zero-order chi connectivity index (χ0) is 24.5. The molecule has 0 atom stereocenters. The van der Waals surface area contributed by atoms with Gasteiger partial charge in [-0.3, -0.25) is 9.59 Å². The molecule has 1 amide bonds. The van der Waals surface area contributed by atoms with E-state index in [2.05, 4.69) is 29.2 Å². The van der Waals surface area contributed by atoms with Crippen LogP contribution in [0.15, 0.2) is 70.6 Å². The number of aromatic amines is 1. The molecule has 1 aliphatic carbocycles. The summed E-state index contributed by atoms with van der Waals surface area (Å²) in [5.74, 6) is 0.543. The number of likely N-dealkylation sites (tertiary alicyclic amines) is 1. The fourth-order valence-corrected chi connectivity index (χ4v) is 4.18. The molecule has 2 aromatic rings. The maximum Gasteiger partial charge on any atom is 0.264 e. The van der Waals surface area contributed by atoms with Gasteiger partial charge in [0.15, 0.2) is 0 Å². The summed E-state index contributed by atoms with van der Waals surface area (Å²) in [6, 6.07) is 11.9. The molecule has 7 N–H and O–H groups in total. The number of carbonyl (C=O) groups excluding carboxylic acids is 1. The third-order valence-corrected chi connectivity index (χ3v) is 6.16. The Kier molecular flexibility index (Phi) is 8.79. The Morgan fingerprint density at radius 1 is 1.03 bits per heavy atom. The van der Waals surface area contributed by atoms with Crippen molar-refractivity contribution < 1.29 is 9.53 Å². The van der Waals surface area contributed by atoms with Gasteiger partial charge in [0.05, 0.1) is 5.70 Å². The van der Waals surface area contributed by atoms with Crippen LogP contribution >= 0.6 is 0 Å². The molecule has 8 heteroatoms. The van der Waals surface area contributed by atoms with E-state index in [0.717, 1.165) is 25.9 Å². The standard InChI is InChI=1S/C16H23N5O3.C10H12/c1-10(8-13(17)16(19)23)15(18)21-6-4-11(5-7-21)24-12-2-3-14(22)20-9-12;1-2-6-10-8-4-3-7-9(10)5-1/h2-3,8-9,11H,4-7,17-18H2,1H3,(H2,19,23)(H,20,22);1-2,5-6H,3-4,7-8H2/b13-8-,15-10+;. The van der Waals surface area contributed by atoms with Gasteiger partial charge in [-0.2, -0.15) is 0 Å². The van der Waals surface area contributed by atoms with E-state index < -0.39 is 5.91 Å². The number of amides is 1. The normalized spacial score (nSPS) is 17.1. The van der Waals surface area contributed by atoms with Gasteiger partial charge >= 0.3 is 0 Å². The molecule has 1 aromatic carbocycles. The molecule has 0 saturated carbocycles. The number of aromatic nitrogens is 1. The first-order valence-corrected chi connectivity index (χ1v) is 11.7. The van der Waals surface area contributed by atoms with Crippen molar-refractivity contribution in [1.82, 2.24) is 9.88 Å². The highest BCUT2D eigenvalue weighted by Gasteiger charge is 2.22. The zero-order valence-electron chi connectivity index (χ0n) is 19.8. The van der Waals surface area contributed by atoms with Gasteiger partial charge < -0.3 is 31.8 Å². The molecule has 0 bridgehead atoms. The summed E-state index contributed by atoms with van der Waals surface area (Å²) >= 11 is 0. The van der Waals surface area contributed by atoms with Crippen molar-refractivity contribution in [2.45, 2.75) is 51.6 Å². The molecule has 0 spiro atoms. The fraction of sp³-hybridized carbons (Fsp3) is 0.385. The van der Waals surface area contributed by atoms with Gasteiger partial charge in [0.1, 0.15) is 17.7 Å². The Morgan fingerprint density at radius 3 is 2.18 bits per heavy atom. The number of primary amides is 1. The summed E-state index contributed by atoms with van der Waals surface area (Å²) in [4.78, 5) is 26.6. The molecule has 4 rings (SSSR count). The van der Waals surface area contributed by atoms with Gasteiger partial charge in [0, 0.05) is 38.2 Å². The van der Waals surface area contributed by atoms with Crippen LogP contribution in [0.1, 0.15) is 43.7 Å². The van der Waals surface area contributed by atoms with Crippen LogP contribution in [0.4, 0.5) is 0 Å². The van der Waals surface area contributed by atoms with E-state index in [1.807, 2.05) is 4.90 Å². The average molecular weight is 466 g/mol. The van der Waals surface area contributed by atoms with Crippen LogP contribution in [0.2, 0.25) is 0 Å². The predicted molar refractivity (Wildman–Crippen MR) is 134 cm³/mol. The van der Waals surface area contributed by atoms with Gasteiger partial charge in [-0.1, -0.05) is 24.3 Å². The van der Waals surface area contributed by atoms with Crippen molar-refractivity contribution in [3.63, 3.8) is 0 Å². The molecule has 2 heterocycles. The lowest BCUT2D eigenvalue weighted by Gasteiger charge is -2.34. The minimum atomic E-state index is -0.671.